The minimum Gasteiger partial charge on any atom is -0.382 e. The number of nitrogens with two attached hydrogens (primary N) is 1. The molecule has 3 nitrogen and oxygen atoms in total. The van der Waals surface area contributed by atoms with E-state index in [1.165, 1.54) is 0 Å². The highest BCUT2D eigenvalue weighted by Crippen LogP contribution is 2.24. The van der Waals surface area contributed by atoms with Crippen molar-refractivity contribution in [1.82, 2.24) is 9.78 Å². The van der Waals surface area contributed by atoms with Crippen LogP contribution in [0.25, 0.3) is 5.69 Å². The maximum atomic E-state index is 5.83. The van der Waals surface area contributed by atoms with Gasteiger partial charge in [0.2, 0.25) is 0 Å². The molecule has 1 aromatic heterocycles. The molecule has 0 saturated heterocycles. The van der Waals surface area contributed by atoms with Crippen molar-refractivity contribution in [3.8, 4) is 5.69 Å². The highest BCUT2D eigenvalue weighted by atomic mass is 79.9. The summed E-state index contributed by atoms with van der Waals surface area (Å²) < 4.78 is 2.57. The summed E-state index contributed by atoms with van der Waals surface area (Å²) in [5, 5.41) is 4.77. The normalized spacial score (nSPS) is 10.4. The number of nitrogen functional groups attached to an aromatic ring is 1. The van der Waals surface area contributed by atoms with Crippen molar-refractivity contribution in [3.63, 3.8) is 0 Å². The van der Waals surface area contributed by atoms with E-state index in [9.17, 15) is 0 Å². The van der Waals surface area contributed by atoms with Gasteiger partial charge >= 0.3 is 0 Å². The summed E-state index contributed by atoms with van der Waals surface area (Å²) >= 11 is 9.23. The number of hydrogen-bond donors (Lipinski definition) is 1. The van der Waals surface area contributed by atoms with Crippen molar-refractivity contribution >= 4 is 33.3 Å². The maximum Gasteiger partial charge on any atom is 0.145 e. The first kappa shape index (κ1) is 9.55. The summed E-state index contributed by atoms with van der Waals surface area (Å²) in [5.74, 6) is 0.492. The van der Waals surface area contributed by atoms with Crippen LogP contribution in [0.15, 0.2) is 34.9 Å². The van der Waals surface area contributed by atoms with Gasteiger partial charge in [-0.15, -0.1) is 0 Å². The van der Waals surface area contributed by atoms with E-state index in [4.69, 9.17) is 17.3 Å². The fourth-order valence-electron chi connectivity index (χ4n) is 1.14. The van der Waals surface area contributed by atoms with Gasteiger partial charge in [0.1, 0.15) is 5.82 Å². The largest absolute Gasteiger partial charge is 0.382 e. The van der Waals surface area contributed by atoms with Crippen LogP contribution in [0.4, 0.5) is 5.82 Å². The lowest BCUT2D eigenvalue weighted by atomic mass is 10.3. The Labute approximate surface area is 94.6 Å². The molecular weight excluding hydrogens is 265 g/mol. The van der Waals surface area contributed by atoms with Crippen LogP contribution in [-0.4, -0.2) is 9.78 Å². The third-order valence-corrected chi connectivity index (χ3v) is 2.64. The maximum absolute atomic E-state index is 5.83. The first-order valence-electron chi connectivity index (χ1n) is 3.93. The summed E-state index contributed by atoms with van der Waals surface area (Å²) in [5.41, 5.74) is 6.43. The second-order valence-electron chi connectivity index (χ2n) is 2.78. The third kappa shape index (κ3) is 1.76. The molecule has 0 unspecified atom stereocenters. The van der Waals surface area contributed by atoms with E-state index < -0.39 is 0 Å². The molecule has 1 heterocycles. The van der Waals surface area contributed by atoms with Crippen molar-refractivity contribution in [3.05, 3.63) is 40.0 Å². The highest BCUT2D eigenvalue weighted by Gasteiger charge is 2.03. The molecule has 0 radical (unpaired) electrons. The minimum absolute atomic E-state index is 0.492. The molecule has 0 aliphatic heterocycles. The molecule has 0 saturated carbocycles. The number of hydrogen-bond acceptors (Lipinski definition) is 2. The number of benzene rings is 1. The van der Waals surface area contributed by atoms with E-state index in [1.54, 1.807) is 23.0 Å². The zero-order valence-electron chi connectivity index (χ0n) is 7.11. The summed E-state index contributed by atoms with van der Waals surface area (Å²) in [6.45, 7) is 0. The van der Waals surface area contributed by atoms with E-state index in [2.05, 4.69) is 21.0 Å². The average Bonchev–Trinajstić information content (AvgIpc) is 2.51. The van der Waals surface area contributed by atoms with Crippen LogP contribution in [0, 0.1) is 0 Å². The van der Waals surface area contributed by atoms with Crippen molar-refractivity contribution in [2.45, 2.75) is 0 Å². The van der Waals surface area contributed by atoms with Crippen LogP contribution < -0.4 is 5.73 Å². The lowest BCUT2D eigenvalue weighted by molar-refractivity contribution is 0.881. The van der Waals surface area contributed by atoms with E-state index in [1.807, 2.05) is 12.1 Å². The molecule has 2 N–H and O–H groups in total. The zero-order valence-corrected chi connectivity index (χ0v) is 9.46. The Morgan fingerprint density at radius 2 is 2.14 bits per heavy atom. The Bertz CT molecular complexity index is 467. The van der Waals surface area contributed by atoms with Crippen LogP contribution in [0.1, 0.15) is 0 Å². The zero-order chi connectivity index (χ0) is 10.1. The molecule has 2 aromatic rings. The van der Waals surface area contributed by atoms with Gasteiger partial charge in [-0.3, -0.25) is 0 Å². The molecule has 72 valence electrons. The first-order valence-corrected chi connectivity index (χ1v) is 5.10. The minimum atomic E-state index is 0.492. The molecule has 0 spiro atoms. The molecule has 2 rings (SSSR count). The Morgan fingerprint density at radius 1 is 1.36 bits per heavy atom. The molecular formula is C9H7BrClN3. The average molecular weight is 273 g/mol. The van der Waals surface area contributed by atoms with Gasteiger partial charge in [-0.2, -0.15) is 5.10 Å². The summed E-state index contributed by atoms with van der Waals surface area (Å²) in [4.78, 5) is 0. The second kappa shape index (κ2) is 3.63. The monoisotopic (exact) mass is 271 g/mol. The number of halogens is 2. The van der Waals surface area contributed by atoms with Gasteiger partial charge in [0, 0.05) is 21.8 Å². The van der Waals surface area contributed by atoms with Crippen LogP contribution >= 0.6 is 27.5 Å². The van der Waals surface area contributed by atoms with Gasteiger partial charge in [-0.05, 0) is 34.1 Å². The Balaban J connectivity index is 2.52. The van der Waals surface area contributed by atoms with Crippen molar-refractivity contribution in [2.24, 2.45) is 0 Å². The van der Waals surface area contributed by atoms with Crippen LogP contribution in [0.5, 0.6) is 0 Å². The molecule has 0 aliphatic carbocycles. The second-order valence-corrected chi connectivity index (χ2v) is 4.07. The topological polar surface area (TPSA) is 43.8 Å². The fourth-order valence-corrected chi connectivity index (χ4v) is 2.00. The van der Waals surface area contributed by atoms with Gasteiger partial charge in [0.05, 0.1) is 5.69 Å². The van der Waals surface area contributed by atoms with Gasteiger partial charge < -0.3 is 5.73 Å². The number of aromatic nitrogens is 2. The molecule has 0 amide bonds. The van der Waals surface area contributed by atoms with E-state index >= 15 is 0 Å². The summed E-state index contributed by atoms with van der Waals surface area (Å²) in [7, 11) is 0. The van der Waals surface area contributed by atoms with Crippen molar-refractivity contribution in [2.75, 3.05) is 5.73 Å². The molecule has 0 bridgehead atoms. The highest BCUT2D eigenvalue weighted by molar-refractivity contribution is 9.10. The predicted octanol–water partition coefficient (Wildman–Crippen LogP) is 2.87. The first-order chi connectivity index (χ1) is 6.66. The number of rotatable bonds is 1. The standard InChI is InChI=1S/C9H7BrClN3/c10-7-5-6(11)1-2-8(7)14-4-3-9(12)13-14/h1-5H,(H2,12,13). The van der Waals surface area contributed by atoms with Crippen molar-refractivity contribution in [1.29, 1.82) is 0 Å². The number of anilines is 1. The molecule has 0 aliphatic rings. The van der Waals surface area contributed by atoms with Gasteiger partial charge in [0.15, 0.2) is 0 Å². The Hall–Kier alpha value is -1.000. The molecule has 14 heavy (non-hydrogen) atoms. The number of nitrogens with zero attached hydrogens (tertiary/aromatic N) is 2. The Kier molecular flexibility index (Phi) is 2.48. The van der Waals surface area contributed by atoms with Gasteiger partial charge in [0.25, 0.3) is 0 Å². The lowest BCUT2D eigenvalue weighted by Gasteiger charge is -2.03. The van der Waals surface area contributed by atoms with Gasteiger partial charge in [-0.1, -0.05) is 11.6 Å². The van der Waals surface area contributed by atoms with Crippen molar-refractivity contribution < 1.29 is 0 Å². The smallest absolute Gasteiger partial charge is 0.145 e. The van der Waals surface area contributed by atoms with Crippen LogP contribution in [0.3, 0.4) is 0 Å². The van der Waals surface area contributed by atoms with E-state index in [0.717, 1.165) is 10.2 Å². The summed E-state index contributed by atoms with van der Waals surface area (Å²) in [6, 6.07) is 7.23. The third-order valence-electron chi connectivity index (χ3n) is 1.77. The molecule has 1 aromatic carbocycles. The lowest BCUT2D eigenvalue weighted by Crippen LogP contribution is -1.97. The van der Waals surface area contributed by atoms with E-state index in [-0.39, 0.29) is 0 Å². The fraction of sp³-hybridized carbons (Fsp3) is 0. The van der Waals surface area contributed by atoms with E-state index in [0.29, 0.717) is 10.8 Å². The molecule has 5 heteroatoms. The molecule has 0 fully saturated rings. The summed E-state index contributed by atoms with van der Waals surface area (Å²) in [6.07, 6.45) is 1.79. The molecule has 0 atom stereocenters. The van der Waals surface area contributed by atoms with Gasteiger partial charge in [-0.25, -0.2) is 4.68 Å². The van der Waals surface area contributed by atoms with Crippen LogP contribution in [0.2, 0.25) is 5.02 Å². The Morgan fingerprint density at radius 3 is 2.71 bits per heavy atom. The quantitative estimate of drug-likeness (QED) is 0.867. The SMILES string of the molecule is Nc1ccn(-c2ccc(Cl)cc2Br)n1. The van der Waals surface area contributed by atoms with Crippen LogP contribution in [-0.2, 0) is 0 Å². The predicted molar refractivity (Wildman–Crippen MR) is 60.7 cm³/mol.